The molecule has 3 amide bonds. The van der Waals surface area contributed by atoms with E-state index in [0.29, 0.717) is 30.4 Å². The second-order valence-corrected chi connectivity index (χ2v) is 9.13. The third kappa shape index (κ3) is 4.69. The largest absolute Gasteiger partial charge is 0.502 e. The molecular formula is C23H33N5O3. The number of likely N-dealkylation sites (tertiary alicyclic amines) is 2. The molecule has 3 heterocycles. The van der Waals surface area contributed by atoms with Gasteiger partial charge in [-0.25, -0.2) is 4.79 Å². The smallest absolute Gasteiger partial charge is 0.322 e. The van der Waals surface area contributed by atoms with Gasteiger partial charge in [-0.15, -0.1) is 0 Å². The average Bonchev–Trinajstić information content (AvgIpc) is 3.27. The summed E-state index contributed by atoms with van der Waals surface area (Å²) in [5, 5.41) is 13.0. The van der Waals surface area contributed by atoms with Crippen LogP contribution >= 0.6 is 0 Å². The first-order valence-electron chi connectivity index (χ1n) is 11.4. The summed E-state index contributed by atoms with van der Waals surface area (Å²) in [6.45, 7) is 5.31. The van der Waals surface area contributed by atoms with Crippen molar-refractivity contribution in [3.05, 3.63) is 35.3 Å². The van der Waals surface area contributed by atoms with Crippen molar-refractivity contribution in [2.45, 2.75) is 51.5 Å². The van der Waals surface area contributed by atoms with E-state index in [2.05, 4.69) is 15.2 Å². The lowest BCUT2D eigenvalue weighted by Gasteiger charge is -2.43. The topological polar surface area (TPSA) is 112 Å². The van der Waals surface area contributed by atoms with Crippen molar-refractivity contribution in [3.63, 3.8) is 0 Å². The molecule has 4 N–H and O–H groups in total. The van der Waals surface area contributed by atoms with Gasteiger partial charge in [0.1, 0.15) is 0 Å². The number of primary amides is 1. The zero-order valence-corrected chi connectivity index (χ0v) is 18.2. The lowest BCUT2D eigenvalue weighted by Crippen LogP contribution is -2.48. The standard InChI is InChI=1S/C23H33N5O3/c1-15-19(7-4-10-25-15)20(21(29)22(24)30)26-23(31)28-12-9-18(14-28)27-11-8-16-5-2-3-6-17(16)13-27/h4,7,10,16-18,29H,2-3,5-6,8-9,11-14H2,1H3,(H2,24,30)(H,26,31)/b21-20+/t16-,17-,18-/m1/s1. The van der Waals surface area contributed by atoms with Crippen molar-refractivity contribution >= 4 is 17.6 Å². The monoisotopic (exact) mass is 427 g/mol. The summed E-state index contributed by atoms with van der Waals surface area (Å²) in [4.78, 5) is 33.1. The van der Waals surface area contributed by atoms with Gasteiger partial charge in [-0.1, -0.05) is 19.3 Å². The SMILES string of the molecule is Cc1ncccc1/C(NC(=O)N1CC[C@@H](N2CC[C@H]3CCCC[C@@H]3C2)C1)=C(\O)C(N)=O. The number of aromatic nitrogens is 1. The molecule has 2 saturated heterocycles. The molecule has 4 rings (SSSR count). The molecule has 1 aromatic heterocycles. The Balaban J connectivity index is 1.42. The number of nitrogens with zero attached hydrogens (tertiary/aromatic N) is 3. The first-order chi connectivity index (χ1) is 14.9. The molecule has 0 bridgehead atoms. The highest BCUT2D eigenvalue weighted by atomic mass is 16.3. The van der Waals surface area contributed by atoms with Gasteiger partial charge in [-0.3, -0.25) is 14.7 Å². The van der Waals surface area contributed by atoms with Crippen LogP contribution in [0.4, 0.5) is 4.79 Å². The van der Waals surface area contributed by atoms with E-state index < -0.39 is 11.7 Å². The number of aliphatic hydroxyl groups excluding tert-OH is 1. The van der Waals surface area contributed by atoms with E-state index in [-0.39, 0.29) is 11.7 Å². The van der Waals surface area contributed by atoms with E-state index in [0.717, 1.165) is 31.3 Å². The van der Waals surface area contributed by atoms with Gasteiger partial charge in [0.2, 0.25) is 5.76 Å². The van der Waals surface area contributed by atoms with Gasteiger partial charge in [0.15, 0.2) is 0 Å². The molecule has 1 aliphatic carbocycles. The van der Waals surface area contributed by atoms with Crippen molar-refractivity contribution in [1.29, 1.82) is 0 Å². The van der Waals surface area contributed by atoms with Crippen LogP contribution in [0.3, 0.4) is 0 Å². The van der Waals surface area contributed by atoms with E-state index in [1.165, 1.54) is 32.1 Å². The van der Waals surface area contributed by atoms with E-state index in [1.807, 2.05) is 0 Å². The minimum absolute atomic E-state index is 0.00886. The quantitative estimate of drug-likeness (QED) is 0.505. The first-order valence-corrected chi connectivity index (χ1v) is 11.4. The summed E-state index contributed by atoms with van der Waals surface area (Å²) in [5.74, 6) is 0.0340. The van der Waals surface area contributed by atoms with Crippen molar-refractivity contribution in [1.82, 2.24) is 20.1 Å². The lowest BCUT2D eigenvalue weighted by atomic mass is 9.75. The highest BCUT2D eigenvalue weighted by molar-refractivity contribution is 6.00. The predicted molar refractivity (Wildman–Crippen MR) is 118 cm³/mol. The van der Waals surface area contributed by atoms with Gasteiger partial charge >= 0.3 is 6.03 Å². The number of rotatable bonds is 4. The number of aliphatic hydroxyl groups is 1. The third-order valence-electron chi connectivity index (χ3n) is 7.27. The fourth-order valence-electron chi connectivity index (χ4n) is 5.50. The maximum absolute atomic E-state index is 13.0. The number of urea groups is 1. The zero-order chi connectivity index (χ0) is 22.0. The number of carbonyl (C=O) groups excluding carboxylic acids is 2. The minimum Gasteiger partial charge on any atom is -0.502 e. The van der Waals surface area contributed by atoms with Gasteiger partial charge < -0.3 is 21.1 Å². The number of hydrogen-bond donors (Lipinski definition) is 3. The molecule has 31 heavy (non-hydrogen) atoms. The Hall–Kier alpha value is -2.61. The summed E-state index contributed by atoms with van der Waals surface area (Å²) < 4.78 is 0. The second kappa shape index (κ2) is 9.26. The van der Waals surface area contributed by atoms with Crippen molar-refractivity contribution < 1.29 is 14.7 Å². The Morgan fingerprint density at radius 2 is 1.90 bits per heavy atom. The summed E-state index contributed by atoms with van der Waals surface area (Å²) >= 11 is 0. The molecule has 3 aliphatic rings. The molecule has 1 saturated carbocycles. The Labute approximate surface area is 183 Å². The fourth-order valence-corrected chi connectivity index (χ4v) is 5.50. The van der Waals surface area contributed by atoms with E-state index in [4.69, 9.17) is 5.73 Å². The number of hydrogen-bond acceptors (Lipinski definition) is 5. The number of pyridine rings is 1. The number of nitrogens with one attached hydrogen (secondary N) is 1. The fraction of sp³-hybridized carbons (Fsp3) is 0.609. The van der Waals surface area contributed by atoms with Gasteiger partial charge in [-0.05, 0) is 56.7 Å². The Morgan fingerprint density at radius 3 is 2.65 bits per heavy atom. The van der Waals surface area contributed by atoms with E-state index >= 15 is 0 Å². The molecular weight excluding hydrogens is 394 g/mol. The summed E-state index contributed by atoms with van der Waals surface area (Å²) in [6, 6.07) is 3.41. The molecule has 8 heteroatoms. The van der Waals surface area contributed by atoms with Crippen LogP contribution in [0, 0.1) is 18.8 Å². The van der Waals surface area contributed by atoms with Gasteiger partial charge in [-0.2, -0.15) is 0 Å². The first kappa shape index (κ1) is 21.6. The van der Waals surface area contributed by atoms with Crippen LogP contribution in [0.15, 0.2) is 24.1 Å². The van der Waals surface area contributed by atoms with Crippen LogP contribution in [-0.2, 0) is 4.79 Å². The van der Waals surface area contributed by atoms with Crippen LogP contribution in [-0.4, -0.2) is 64.0 Å². The van der Waals surface area contributed by atoms with Gasteiger partial charge in [0, 0.05) is 43.1 Å². The molecule has 0 aromatic carbocycles. The van der Waals surface area contributed by atoms with Crippen LogP contribution in [0.2, 0.25) is 0 Å². The van der Waals surface area contributed by atoms with Gasteiger partial charge in [0.05, 0.1) is 5.70 Å². The molecule has 1 aromatic rings. The van der Waals surface area contributed by atoms with E-state index in [9.17, 15) is 14.7 Å². The van der Waals surface area contributed by atoms with Gasteiger partial charge in [0.25, 0.3) is 5.91 Å². The number of carbonyl (C=O) groups is 2. The van der Waals surface area contributed by atoms with Crippen LogP contribution < -0.4 is 11.1 Å². The Kier molecular flexibility index (Phi) is 6.46. The molecule has 0 unspecified atom stereocenters. The maximum Gasteiger partial charge on any atom is 0.322 e. The van der Waals surface area contributed by atoms with Crippen LogP contribution in [0.1, 0.15) is 49.8 Å². The molecule has 2 aliphatic heterocycles. The molecule has 3 fully saturated rings. The number of nitrogens with two attached hydrogens (primary N) is 1. The second-order valence-electron chi connectivity index (χ2n) is 9.13. The minimum atomic E-state index is -0.992. The molecule has 3 atom stereocenters. The van der Waals surface area contributed by atoms with Crippen LogP contribution in [0.25, 0.3) is 5.70 Å². The van der Waals surface area contributed by atoms with Crippen molar-refractivity contribution in [2.75, 3.05) is 26.2 Å². The van der Waals surface area contributed by atoms with E-state index in [1.54, 1.807) is 30.2 Å². The Morgan fingerprint density at radius 1 is 1.13 bits per heavy atom. The highest BCUT2D eigenvalue weighted by Crippen LogP contribution is 2.37. The van der Waals surface area contributed by atoms with Crippen molar-refractivity contribution in [3.8, 4) is 0 Å². The molecule has 0 spiro atoms. The number of fused-ring (bicyclic) bond motifs is 1. The molecule has 8 nitrogen and oxygen atoms in total. The predicted octanol–water partition coefficient (Wildman–Crippen LogP) is 2.40. The summed E-state index contributed by atoms with van der Waals surface area (Å²) in [5.41, 5.74) is 6.35. The zero-order valence-electron chi connectivity index (χ0n) is 18.2. The number of piperidine rings is 1. The summed E-state index contributed by atoms with van der Waals surface area (Å²) in [6.07, 6.45) is 9.27. The molecule has 0 radical (unpaired) electrons. The number of aryl methyl sites for hydroxylation is 1. The lowest BCUT2D eigenvalue weighted by molar-refractivity contribution is -0.116. The maximum atomic E-state index is 13.0. The summed E-state index contributed by atoms with van der Waals surface area (Å²) in [7, 11) is 0. The molecule has 168 valence electrons. The number of amides is 3. The van der Waals surface area contributed by atoms with Crippen LogP contribution in [0.5, 0.6) is 0 Å². The third-order valence-corrected chi connectivity index (χ3v) is 7.27. The highest BCUT2D eigenvalue weighted by Gasteiger charge is 2.37. The average molecular weight is 428 g/mol. The normalized spacial score (nSPS) is 27.4. The Bertz CT molecular complexity index is 871. The van der Waals surface area contributed by atoms with Crippen molar-refractivity contribution in [2.24, 2.45) is 17.6 Å².